The lowest BCUT2D eigenvalue weighted by Gasteiger charge is -2.14. The van der Waals surface area contributed by atoms with E-state index in [1.807, 2.05) is 31.2 Å². The van der Waals surface area contributed by atoms with E-state index in [1.54, 1.807) is 6.07 Å². The van der Waals surface area contributed by atoms with Gasteiger partial charge < -0.3 is 0 Å². The van der Waals surface area contributed by atoms with E-state index in [0.717, 1.165) is 11.1 Å². The second-order valence-electron chi connectivity index (χ2n) is 4.35. The predicted molar refractivity (Wildman–Crippen MR) is 77.7 cm³/mol. The van der Waals surface area contributed by atoms with E-state index >= 15 is 0 Å². The van der Waals surface area contributed by atoms with Crippen LogP contribution >= 0.6 is 27.5 Å². The lowest BCUT2D eigenvalue weighted by atomic mass is 10.00. The largest absolute Gasteiger partial charge is 0.206 e. The van der Waals surface area contributed by atoms with E-state index in [4.69, 9.17) is 11.6 Å². The first kappa shape index (κ1) is 13.6. The van der Waals surface area contributed by atoms with Crippen molar-refractivity contribution in [3.8, 4) is 0 Å². The van der Waals surface area contributed by atoms with Gasteiger partial charge in [0.2, 0.25) is 0 Å². The molecule has 0 N–H and O–H groups in total. The van der Waals surface area contributed by atoms with Crippen LogP contribution in [-0.2, 0) is 0 Å². The molecule has 0 radical (unpaired) electrons. The molecular weight excluding hydrogens is 315 g/mol. The van der Waals surface area contributed by atoms with Gasteiger partial charge in [0, 0.05) is 0 Å². The Labute approximate surface area is 120 Å². The Balaban J connectivity index is 2.44. The molecular formula is C15H13BrClF. The Hall–Kier alpha value is -0.860. The van der Waals surface area contributed by atoms with Gasteiger partial charge in [-0.2, -0.15) is 0 Å². The molecule has 1 unspecified atom stereocenters. The SMILES string of the molecule is Cc1ccc(C(Cl)c2cccc(F)c2Br)cc1C. The van der Waals surface area contributed by atoms with Crippen molar-refractivity contribution in [1.29, 1.82) is 0 Å². The number of hydrogen-bond donors (Lipinski definition) is 0. The Morgan fingerprint density at radius 3 is 2.50 bits per heavy atom. The summed E-state index contributed by atoms with van der Waals surface area (Å²) in [5.74, 6) is -0.290. The molecule has 18 heavy (non-hydrogen) atoms. The summed E-state index contributed by atoms with van der Waals surface area (Å²) in [5.41, 5.74) is 4.14. The van der Waals surface area contributed by atoms with Crippen LogP contribution in [0.1, 0.15) is 27.6 Å². The average molecular weight is 328 g/mol. The van der Waals surface area contributed by atoms with Crippen molar-refractivity contribution in [2.24, 2.45) is 0 Å². The minimum atomic E-state index is -0.352. The highest BCUT2D eigenvalue weighted by Gasteiger charge is 2.16. The maximum absolute atomic E-state index is 13.5. The van der Waals surface area contributed by atoms with Crippen LogP contribution in [0.5, 0.6) is 0 Å². The Morgan fingerprint density at radius 1 is 1.11 bits per heavy atom. The smallest absolute Gasteiger partial charge is 0.137 e. The first-order chi connectivity index (χ1) is 8.50. The van der Waals surface area contributed by atoms with Gasteiger partial charge in [-0.15, -0.1) is 11.6 Å². The molecule has 2 aromatic rings. The number of aryl methyl sites for hydroxylation is 2. The summed E-state index contributed by atoms with van der Waals surface area (Å²) in [6, 6.07) is 11.0. The van der Waals surface area contributed by atoms with Crippen LogP contribution in [0, 0.1) is 19.7 Å². The van der Waals surface area contributed by atoms with E-state index in [2.05, 4.69) is 22.9 Å². The lowest BCUT2D eigenvalue weighted by Crippen LogP contribution is -1.97. The minimum absolute atomic E-state index is 0.290. The molecule has 3 heteroatoms. The van der Waals surface area contributed by atoms with Crippen molar-refractivity contribution in [1.82, 2.24) is 0 Å². The second kappa shape index (κ2) is 5.41. The zero-order valence-electron chi connectivity index (χ0n) is 10.2. The molecule has 0 fully saturated rings. The minimum Gasteiger partial charge on any atom is -0.206 e. The van der Waals surface area contributed by atoms with Gasteiger partial charge in [0.1, 0.15) is 5.82 Å². The van der Waals surface area contributed by atoms with Crippen LogP contribution in [0.2, 0.25) is 0 Å². The van der Waals surface area contributed by atoms with Crippen LogP contribution in [-0.4, -0.2) is 0 Å². The first-order valence-electron chi connectivity index (χ1n) is 5.66. The number of alkyl halides is 1. The van der Waals surface area contributed by atoms with Gasteiger partial charge in [-0.25, -0.2) is 4.39 Å². The topological polar surface area (TPSA) is 0 Å². The molecule has 0 saturated heterocycles. The normalized spacial score (nSPS) is 12.5. The molecule has 0 aliphatic carbocycles. The standard InChI is InChI=1S/C15H13BrClF/c1-9-6-7-11(8-10(9)2)15(17)12-4-3-5-13(18)14(12)16/h3-8,15H,1-2H3. The number of benzene rings is 2. The maximum Gasteiger partial charge on any atom is 0.137 e. The van der Waals surface area contributed by atoms with Crippen molar-refractivity contribution in [3.05, 3.63) is 68.9 Å². The lowest BCUT2D eigenvalue weighted by molar-refractivity contribution is 0.618. The molecule has 0 aliphatic heterocycles. The monoisotopic (exact) mass is 326 g/mol. The van der Waals surface area contributed by atoms with E-state index in [0.29, 0.717) is 4.47 Å². The molecule has 0 saturated carbocycles. The fourth-order valence-electron chi connectivity index (χ4n) is 1.82. The van der Waals surface area contributed by atoms with Crippen molar-refractivity contribution in [3.63, 3.8) is 0 Å². The molecule has 0 spiro atoms. The summed E-state index contributed by atoms with van der Waals surface area (Å²) in [6.07, 6.45) is 0. The molecule has 0 amide bonds. The third-order valence-corrected chi connectivity index (χ3v) is 4.40. The summed E-state index contributed by atoms with van der Waals surface area (Å²) < 4.78 is 13.9. The van der Waals surface area contributed by atoms with E-state index in [1.165, 1.54) is 17.2 Å². The molecule has 0 bridgehead atoms. The molecule has 94 valence electrons. The van der Waals surface area contributed by atoms with Crippen LogP contribution in [0.25, 0.3) is 0 Å². The molecule has 0 aliphatic rings. The molecule has 2 aromatic carbocycles. The van der Waals surface area contributed by atoms with Gasteiger partial charge in [0.25, 0.3) is 0 Å². The molecule has 0 aromatic heterocycles. The highest BCUT2D eigenvalue weighted by molar-refractivity contribution is 9.10. The third kappa shape index (κ3) is 2.60. The van der Waals surface area contributed by atoms with Crippen LogP contribution < -0.4 is 0 Å². The van der Waals surface area contributed by atoms with Gasteiger partial charge in [0.15, 0.2) is 0 Å². The summed E-state index contributed by atoms with van der Waals surface area (Å²) in [5, 5.41) is -0.352. The van der Waals surface area contributed by atoms with Crippen molar-refractivity contribution < 1.29 is 4.39 Å². The van der Waals surface area contributed by atoms with Crippen LogP contribution in [0.15, 0.2) is 40.9 Å². The molecule has 1 atom stereocenters. The second-order valence-corrected chi connectivity index (χ2v) is 5.58. The quantitative estimate of drug-likeness (QED) is 0.636. The van der Waals surface area contributed by atoms with Crippen LogP contribution in [0.4, 0.5) is 4.39 Å². The van der Waals surface area contributed by atoms with Gasteiger partial charge >= 0.3 is 0 Å². The van der Waals surface area contributed by atoms with Gasteiger partial charge in [-0.05, 0) is 58.1 Å². The summed E-state index contributed by atoms with van der Waals surface area (Å²) >= 11 is 9.69. The van der Waals surface area contributed by atoms with E-state index < -0.39 is 0 Å². The van der Waals surface area contributed by atoms with Crippen molar-refractivity contribution >= 4 is 27.5 Å². The summed E-state index contributed by atoms with van der Waals surface area (Å²) in [6.45, 7) is 4.10. The van der Waals surface area contributed by atoms with Gasteiger partial charge in [-0.3, -0.25) is 0 Å². The molecule has 0 nitrogen and oxygen atoms in total. The summed E-state index contributed by atoms with van der Waals surface area (Å²) in [7, 11) is 0. The molecule has 2 rings (SSSR count). The average Bonchev–Trinajstić information content (AvgIpc) is 2.35. The van der Waals surface area contributed by atoms with E-state index in [-0.39, 0.29) is 11.2 Å². The number of halogens is 3. The van der Waals surface area contributed by atoms with Crippen LogP contribution in [0.3, 0.4) is 0 Å². The maximum atomic E-state index is 13.5. The zero-order chi connectivity index (χ0) is 13.3. The predicted octanol–water partition coefficient (Wildman–Crippen LogP) is 5.53. The highest BCUT2D eigenvalue weighted by atomic mass is 79.9. The Morgan fingerprint density at radius 2 is 1.83 bits per heavy atom. The zero-order valence-corrected chi connectivity index (χ0v) is 12.5. The van der Waals surface area contributed by atoms with Crippen molar-refractivity contribution in [2.75, 3.05) is 0 Å². The Bertz CT molecular complexity index is 581. The Kier molecular flexibility index (Phi) is 4.08. The summed E-state index contributed by atoms with van der Waals surface area (Å²) in [4.78, 5) is 0. The third-order valence-electron chi connectivity index (χ3n) is 3.08. The first-order valence-corrected chi connectivity index (χ1v) is 6.89. The molecule has 0 heterocycles. The fourth-order valence-corrected chi connectivity index (χ4v) is 2.76. The highest BCUT2D eigenvalue weighted by Crippen LogP contribution is 2.35. The number of hydrogen-bond acceptors (Lipinski definition) is 0. The fraction of sp³-hybridized carbons (Fsp3) is 0.200. The van der Waals surface area contributed by atoms with Gasteiger partial charge in [-0.1, -0.05) is 30.3 Å². The van der Waals surface area contributed by atoms with E-state index in [9.17, 15) is 4.39 Å². The van der Waals surface area contributed by atoms with Crippen molar-refractivity contribution in [2.45, 2.75) is 19.2 Å². The van der Waals surface area contributed by atoms with Gasteiger partial charge in [0.05, 0.1) is 9.85 Å². The number of rotatable bonds is 2.